The predicted octanol–water partition coefficient (Wildman–Crippen LogP) is 2.30. The van der Waals surface area contributed by atoms with E-state index in [1.807, 2.05) is 0 Å². The minimum Gasteiger partial charge on any atom is -0.465 e. The van der Waals surface area contributed by atoms with Crippen molar-refractivity contribution >= 4 is 5.97 Å². The Kier molecular flexibility index (Phi) is 1.89. The van der Waals surface area contributed by atoms with E-state index in [1.54, 1.807) is 5.57 Å². The van der Waals surface area contributed by atoms with E-state index in [4.69, 9.17) is 4.74 Å². The molecule has 1 aliphatic heterocycles. The van der Waals surface area contributed by atoms with Crippen LogP contribution in [0.3, 0.4) is 0 Å². The fourth-order valence-electron chi connectivity index (χ4n) is 3.42. The summed E-state index contributed by atoms with van der Waals surface area (Å²) in [6.07, 6.45) is 8.25. The Morgan fingerprint density at radius 1 is 1.36 bits per heavy atom. The molecule has 2 aliphatic carbocycles. The third-order valence-electron chi connectivity index (χ3n) is 4.04. The van der Waals surface area contributed by atoms with Gasteiger partial charge in [-0.25, -0.2) is 0 Å². The van der Waals surface area contributed by atoms with Crippen LogP contribution in [0.4, 0.5) is 0 Å². The highest BCUT2D eigenvalue weighted by Crippen LogP contribution is 2.46. The molecule has 0 N–H and O–H groups in total. The zero-order valence-electron chi connectivity index (χ0n) is 8.37. The molecule has 3 aliphatic rings. The summed E-state index contributed by atoms with van der Waals surface area (Å²) in [6.45, 7) is 0.678. The average molecular weight is 192 g/mol. The van der Waals surface area contributed by atoms with Crippen molar-refractivity contribution in [1.29, 1.82) is 0 Å². The number of esters is 1. The quantitative estimate of drug-likeness (QED) is 0.435. The van der Waals surface area contributed by atoms with Crippen molar-refractivity contribution in [3.8, 4) is 0 Å². The molecule has 3 rings (SSSR count). The lowest BCUT2D eigenvalue weighted by atomic mass is 9.65. The van der Waals surface area contributed by atoms with Gasteiger partial charge in [0.25, 0.3) is 0 Å². The maximum atomic E-state index is 11.6. The molecule has 2 nitrogen and oxygen atoms in total. The Hall–Kier alpha value is -0.790. The first-order valence-corrected chi connectivity index (χ1v) is 5.72. The highest BCUT2D eigenvalue weighted by atomic mass is 16.5. The van der Waals surface area contributed by atoms with E-state index in [9.17, 15) is 4.79 Å². The van der Waals surface area contributed by atoms with E-state index in [1.165, 1.54) is 19.3 Å². The van der Waals surface area contributed by atoms with Crippen molar-refractivity contribution in [2.75, 3.05) is 6.61 Å². The number of ether oxygens (including phenoxy) is 1. The van der Waals surface area contributed by atoms with Gasteiger partial charge in [-0.15, -0.1) is 0 Å². The third kappa shape index (κ3) is 1.13. The largest absolute Gasteiger partial charge is 0.465 e. The Morgan fingerprint density at radius 3 is 3.21 bits per heavy atom. The lowest BCUT2D eigenvalue weighted by Gasteiger charge is -2.43. The minimum atomic E-state index is 0.0683. The Bertz CT molecular complexity index is 293. The molecular weight excluding hydrogens is 176 g/mol. The number of rotatable bonds is 0. The van der Waals surface area contributed by atoms with Crippen LogP contribution in [0, 0.1) is 17.8 Å². The second-order valence-corrected chi connectivity index (χ2v) is 4.77. The fourth-order valence-corrected chi connectivity index (χ4v) is 3.42. The number of cyclic esters (lactones) is 1. The first-order valence-electron chi connectivity index (χ1n) is 5.72. The summed E-state index contributed by atoms with van der Waals surface area (Å²) in [5.74, 6) is 1.46. The molecule has 14 heavy (non-hydrogen) atoms. The fraction of sp³-hybridized carbons (Fsp3) is 0.750. The van der Waals surface area contributed by atoms with E-state index in [0.717, 1.165) is 12.8 Å². The van der Waals surface area contributed by atoms with Gasteiger partial charge in [0.2, 0.25) is 0 Å². The first-order chi connectivity index (χ1) is 6.86. The van der Waals surface area contributed by atoms with Gasteiger partial charge < -0.3 is 4.74 Å². The monoisotopic (exact) mass is 192 g/mol. The third-order valence-corrected chi connectivity index (χ3v) is 4.04. The molecule has 1 saturated heterocycles. The summed E-state index contributed by atoms with van der Waals surface area (Å²) in [5, 5.41) is 0. The van der Waals surface area contributed by atoms with Crippen LogP contribution in [0.25, 0.3) is 0 Å². The molecule has 0 radical (unpaired) electrons. The van der Waals surface area contributed by atoms with E-state index in [2.05, 4.69) is 6.08 Å². The van der Waals surface area contributed by atoms with Gasteiger partial charge in [0.05, 0.1) is 12.5 Å². The van der Waals surface area contributed by atoms with Crippen LogP contribution in [0.15, 0.2) is 11.6 Å². The molecule has 0 unspecified atom stereocenters. The van der Waals surface area contributed by atoms with Gasteiger partial charge in [-0.3, -0.25) is 4.79 Å². The molecule has 0 aromatic rings. The molecule has 76 valence electrons. The topological polar surface area (TPSA) is 26.3 Å². The molecule has 3 atom stereocenters. The van der Waals surface area contributed by atoms with Crippen molar-refractivity contribution in [3.63, 3.8) is 0 Å². The van der Waals surface area contributed by atoms with Crippen LogP contribution >= 0.6 is 0 Å². The van der Waals surface area contributed by atoms with Crippen molar-refractivity contribution in [3.05, 3.63) is 11.6 Å². The maximum absolute atomic E-state index is 11.6. The van der Waals surface area contributed by atoms with Crippen LogP contribution in [0.5, 0.6) is 0 Å². The summed E-state index contributed by atoms with van der Waals surface area (Å²) in [5.41, 5.74) is 1.56. The van der Waals surface area contributed by atoms with E-state index in [0.29, 0.717) is 18.4 Å². The van der Waals surface area contributed by atoms with Gasteiger partial charge in [-0.05, 0) is 38.0 Å². The Labute approximate surface area is 84.3 Å². The lowest BCUT2D eigenvalue weighted by Crippen LogP contribution is -2.43. The standard InChI is InChI=1S/C12H16O2/c13-12-10-6-2-4-8-3-1-5-9(7-14-12)11(8)10/h4,9-11H,1-3,5-7H2/t9-,10-,11-/m0/s1. The highest BCUT2D eigenvalue weighted by molar-refractivity contribution is 5.74. The first kappa shape index (κ1) is 8.51. The molecule has 0 spiro atoms. The average Bonchev–Trinajstić information content (AvgIpc) is 2.24. The summed E-state index contributed by atoms with van der Waals surface area (Å²) >= 11 is 0. The number of hydrogen-bond donors (Lipinski definition) is 0. The molecule has 0 bridgehead atoms. The van der Waals surface area contributed by atoms with Crippen molar-refractivity contribution in [2.24, 2.45) is 17.8 Å². The molecule has 2 fully saturated rings. The summed E-state index contributed by atoms with van der Waals surface area (Å²) < 4.78 is 5.27. The van der Waals surface area contributed by atoms with Gasteiger partial charge in [0, 0.05) is 5.92 Å². The number of carbonyl (C=O) groups is 1. The van der Waals surface area contributed by atoms with Gasteiger partial charge in [-0.2, -0.15) is 0 Å². The van der Waals surface area contributed by atoms with Crippen LogP contribution in [0.1, 0.15) is 32.1 Å². The predicted molar refractivity (Wildman–Crippen MR) is 52.6 cm³/mol. The van der Waals surface area contributed by atoms with Crippen molar-refractivity contribution in [1.82, 2.24) is 0 Å². The highest BCUT2D eigenvalue weighted by Gasteiger charge is 2.44. The van der Waals surface area contributed by atoms with E-state index >= 15 is 0 Å². The second-order valence-electron chi connectivity index (χ2n) is 4.77. The van der Waals surface area contributed by atoms with Crippen LogP contribution in [-0.4, -0.2) is 12.6 Å². The lowest BCUT2D eigenvalue weighted by molar-refractivity contribution is -0.161. The van der Waals surface area contributed by atoms with Gasteiger partial charge in [0.1, 0.15) is 0 Å². The molecule has 0 aromatic carbocycles. The summed E-state index contributed by atoms with van der Waals surface area (Å²) in [7, 11) is 0. The molecule has 1 saturated carbocycles. The Balaban J connectivity index is 1.95. The van der Waals surface area contributed by atoms with E-state index < -0.39 is 0 Å². The van der Waals surface area contributed by atoms with E-state index in [-0.39, 0.29) is 11.9 Å². The zero-order valence-corrected chi connectivity index (χ0v) is 8.37. The van der Waals surface area contributed by atoms with Crippen LogP contribution in [-0.2, 0) is 9.53 Å². The Morgan fingerprint density at radius 2 is 2.29 bits per heavy atom. The number of carbonyl (C=O) groups excluding carboxylic acids is 1. The van der Waals surface area contributed by atoms with Crippen LogP contribution in [0.2, 0.25) is 0 Å². The maximum Gasteiger partial charge on any atom is 0.309 e. The SMILES string of the molecule is O=C1OC[C@@H]2CCCC3=CCC[C@H]1[C@@H]32. The zero-order chi connectivity index (χ0) is 9.54. The normalized spacial score (nSPS) is 41.0. The molecule has 0 amide bonds. The molecule has 2 heteroatoms. The molecular formula is C12H16O2. The van der Waals surface area contributed by atoms with Crippen molar-refractivity contribution in [2.45, 2.75) is 32.1 Å². The van der Waals surface area contributed by atoms with Gasteiger partial charge in [0.15, 0.2) is 0 Å². The molecule has 1 heterocycles. The summed E-state index contributed by atoms with van der Waals surface area (Å²) in [4.78, 5) is 11.6. The smallest absolute Gasteiger partial charge is 0.309 e. The van der Waals surface area contributed by atoms with Crippen molar-refractivity contribution < 1.29 is 9.53 Å². The number of hydrogen-bond acceptors (Lipinski definition) is 2. The minimum absolute atomic E-state index is 0.0683. The van der Waals surface area contributed by atoms with Gasteiger partial charge >= 0.3 is 5.97 Å². The van der Waals surface area contributed by atoms with Gasteiger partial charge in [-0.1, -0.05) is 11.6 Å². The molecule has 0 aromatic heterocycles. The second kappa shape index (κ2) is 3.11. The number of allylic oxidation sites excluding steroid dienone is 2. The van der Waals surface area contributed by atoms with Crippen LogP contribution < -0.4 is 0 Å². The summed E-state index contributed by atoms with van der Waals surface area (Å²) in [6, 6.07) is 0.